The van der Waals surface area contributed by atoms with Crippen molar-refractivity contribution in [3.05, 3.63) is 11.6 Å². The molecule has 0 fully saturated rings. The van der Waals surface area contributed by atoms with E-state index in [0.29, 0.717) is 0 Å². The minimum Gasteiger partial charge on any atom is -0.368 e. The van der Waals surface area contributed by atoms with Gasteiger partial charge in [0.1, 0.15) is 0 Å². The van der Waals surface area contributed by atoms with Crippen LogP contribution in [-0.2, 0) is 4.79 Å². The molecule has 0 saturated carbocycles. The van der Waals surface area contributed by atoms with Gasteiger partial charge < -0.3 is 11.1 Å². The van der Waals surface area contributed by atoms with Gasteiger partial charge in [-0.15, -0.1) is 0 Å². The van der Waals surface area contributed by atoms with E-state index in [1.54, 1.807) is 0 Å². The van der Waals surface area contributed by atoms with Crippen LogP contribution in [0.2, 0.25) is 0 Å². The van der Waals surface area contributed by atoms with Crippen LogP contribution < -0.4 is 11.1 Å². The third-order valence-corrected chi connectivity index (χ3v) is 2.72. The zero-order valence-electron chi connectivity index (χ0n) is 8.88. The molecule has 80 valence electrons. The number of nitrogens with one attached hydrogen (secondary N) is 1. The van der Waals surface area contributed by atoms with Crippen LogP contribution in [0.25, 0.3) is 0 Å². The highest BCUT2D eigenvalue weighted by atomic mass is 16.1. The molecular formula is C11H20N2O. The maximum Gasteiger partial charge on any atom is 0.234 e. The number of hydrogen-bond acceptors (Lipinski definition) is 2. The summed E-state index contributed by atoms with van der Waals surface area (Å²) in [5.74, 6) is -0.243. The second-order valence-corrected chi connectivity index (χ2v) is 3.82. The number of hydrogen-bond donors (Lipinski definition) is 2. The quantitative estimate of drug-likeness (QED) is 0.630. The smallest absolute Gasteiger partial charge is 0.234 e. The van der Waals surface area contributed by atoms with Crippen LogP contribution in [0.5, 0.6) is 0 Å². The lowest BCUT2D eigenvalue weighted by Crippen LogP contribution is -2.41. The Bertz CT molecular complexity index is 223. The maximum absolute atomic E-state index is 10.9. The summed E-state index contributed by atoms with van der Waals surface area (Å²) in [7, 11) is 0. The van der Waals surface area contributed by atoms with Crippen molar-refractivity contribution in [1.82, 2.24) is 5.32 Å². The third-order valence-electron chi connectivity index (χ3n) is 2.72. The molecule has 0 bridgehead atoms. The highest BCUT2D eigenvalue weighted by Crippen LogP contribution is 2.19. The van der Waals surface area contributed by atoms with Gasteiger partial charge in [-0.3, -0.25) is 4.79 Å². The first-order chi connectivity index (χ1) is 6.74. The fourth-order valence-corrected chi connectivity index (χ4v) is 1.82. The summed E-state index contributed by atoms with van der Waals surface area (Å²) >= 11 is 0. The van der Waals surface area contributed by atoms with Gasteiger partial charge in [-0.25, -0.2) is 0 Å². The molecule has 0 aromatic heterocycles. The van der Waals surface area contributed by atoms with Crippen LogP contribution in [0.15, 0.2) is 11.6 Å². The van der Waals surface area contributed by atoms with Crippen molar-refractivity contribution in [2.24, 2.45) is 5.73 Å². The maximum atomic E-state index is 10.9. The second kappa shape index (κ2) is 5.81. The van der Waals surface area contributed by atoms with E-state index in [1.165, 1.54) is 24.8 Å². The van der Waals surface area contributed by atoms with Gasteiger partial charge in [-0.05, 0) is 38.6 Å². The zero-order valence-corrected chi connectivity index (χ0v) is 8.88. The van der Waals surface area contributed by atoms with Crippen LogP contribution in [0.1, 0.15) is 39.0 Å². The summed E-state index contributed by atoms with van der Waals surface area (Å²) in [5, 5.41) is 3.18. The molecule has 0 heterocycles. The lowest BCUT2D eigenvalue weighted by molar-refractivity contribution is -0.120. The Kier molecular flexibility index (Phi) is 4.66. The Morgan fingerprint density at radius 2 is 2.50 bits per heavy atom. The van der Waals surface area contributed by atoms with Gasteiger partial charge in [0.15, 0.2) is 0 Å². The summed E-state index contributed by atoms with van der Waals surface area (Å²) in [5.41, 5.74) is 6.75. The molecule has 14 heavy (non-hydrogen) atoms. The molecule has 1 unspecified atom stereocenters. The Labute approximate surface area is 85.7 Å². The fraction of sp³-hybridized carbons (Fsp3) is 0.727. The molecule has 1 aliphatic rings. The summed E-state index contributed by atoms with van der Waals surface area (Å²) < 4.78 is 0. The van der Waals surface area contributed by atoms with Crippen molar-refractivity contribution < 1.29 is 4.79 Å². The lowest BCUT2D eigenvalue weighted by Gasteiger charge is -2.12. The van der Waals surface area contributed by atoms with Crippen LogP contribution in [0.4, 0.5) is 0 Å². The zero-order chi connectivity index (χ0) is 10.4. The monoisotopic (exact) mass is 196 g/mol. The number of rotatable bonds is 6. The van der Waals surface area contributed by atoms with Crippen molar-refractivity contribution >= 4 is 5.91 Å². The molecule has 3 nitrogen and oxygen atoms in total. The third kappa shape index (κ3) is 3.50. The minimum atomic E-state index is -0.243. The molecule has 0 saturated heterocycles. The van der Waals surface area contributed by atoms with Crippen LogP contribution in [0.3, 0.4) is 0 Å². The first-order valence-electron chi connectivity index (χ1n) is 5.44. The van der Waals surface area contributed by atoms with E-state index < -0.39 is 0 Å². The van der Waals surface area contributed by atoms with Crippen LogP contribution >= 0.6 is 0 Å². The summed E-state index contributed by atoms with van der Waals surface area (Å²) in [6.07, 6.45) is 7.89. The molecule has 1 atom stereocenters. The summed E-state index contributed by atoms with van der Waals surface area (Å²) in [6, 6.07) is -0.156. The number of amides is 1. The summed E-state index contributed by atoms with van der Waals surface area (Å²) in [4.78, 5) is 10.9. The van der Waals surface area contributed by atoms with E-state index in [4.69, 9.17) is 5.73 Å². The molecule has 1 aliphatic carbocycles. The number of carbonyl (C=O) groups is 1. The predicted molar refractivity (Wildman–Crippen MR) is 57.8 cm³/mol. The first-order valence-corrected chi connectivity index (χ1v) is 5.44. The van der Waals surface area contributed by atoms with Crippen LogP contribution in [-0.4, -0.2) is 18.5 Å². The van der Waals surface area contributed by atoms with Gasteiger partial charge in [0.05, 0.1) is 6.04 Å². The largest absolute Gasteiger partial charge is 0.368 e. The first kappa shape index (κ1) is 11.2. The SMILES string of the molecule is CCC(NCCC1=CCCC1)C(N)=O. The predicted octanol–water partition coefficient (Wildman–Crippen LogP) is 1.34. The summed E-state index contributed by atoms with van der Waals surface area (Å²) in [6.45, 7) is 2.84. The topological polar surface area (TPSA) is 55.1 Å². The van der Waals surface area contributed by atoms with Gasteiger partial charge in [0.25, 0.3) is 0 Å². The van der Waals surface area contributed by atoms with E-state index in [0.717, 1.165) is 19.4 Å². The van der Waals surface area contributed by atoms with Gasteiger partial charge in [0, 0.05) is 0 Å². The Morgan fingerprint density at radius 1 is 1.71 bits per heavy atom. The highest BCUT2D eigenvalue weighted by molar-refractivity contribution is 5.79. The average molecular weight is 196 g/mol. The molecule has 0 aromatic carbocycles. The number of carbonyl (C=O) groups excluding carboxylic acids is 1. The normalized spacial score (nSPS) is 17.9. The Hall–Kier alpha value is -0.830. The number of primary amides is 1. The molecule has 0 aromatic rings. The number of allylic oxidation sites excluding steroid dienone is 1. The van der Waals surface area contributed by atoms with Crippen molar-refractivity contribution in [1.29, 1.82) is 0 Å². The van der Waals surface area contributed by atoms with Crippen molar-refractivity contribution in [3.8, 4) is 0 Å². The van der Waals surface area contributed by atoms with E-state index in [2.05, 4.69) is 11.4 Å². The molecule has 3 heteroatoms. The lowest BCUT2D eigenvalue weighted by atomic mass is 10.1. The van der Waals surface area contributed by atoms with Crippen LogP contribution in [0, 0.1) is 0 Å². The van der Waals surface area contributed by atoms with E-state index in [-0.39, 0.29) is 11.9 Å². The Balaban J connectivity index is 2.15. The van der Waals surface area contributed by atoms with Crippen molar-refractivity contribution in [2.45, 2.75) is 45.1 Å². The second-order valence-electron chi connectivity index (χ2n) is 3.82. The average Bonchev–Trinajstić information content (AvgIpc) is 2.64. The highest BCUT2D eigenvalue weighted by Gasteiger charge is 2.11. The van der Waals surface area contributed by atoms with Gasteiger partial charge in [0.2, 0.25) is 5.91 Å². The molecule has 3 N–H and O–H groups in total. The molecule has 1 amide bonds. The van der Waals surface area contributed by atoms with E-state index in [9.17, 15) is 4.79 Å². The standard InChI is InChI=1S/C11H20N2O/c1-2-10(11(12)14)13-8-7-9-5-3-4-6-9/h5,10,13H,2-4,6-8H2,1H3,(H2,12,14). The van der Waals surface area contributed by atoms with Gasteiger partial charge >= 0.3 is 0 Å². The minimum absolute atomic E-state index is 0.156. The molecule has 1 rings (SSSR count). The van der Waals surface area contributed by atoms with Gasteiger partial charge in [-0.1, -0.05) is 18.6 Å². The Morgan fingerprint density at radius 3 is 3.00 bits per heavy atom. The number of nitrogens with two attached hydrogens (primary N) is 1. The fourth-order valence-electron chi connectivity index (χ4n) is 1.82. The molecular weight excluding hydrogens is 176 g/mol. The molecule has 0 radical (unpaired) electrons. The molecule has 0 aliphatic heterocycles. The van der Waals surface area contributed by atoms with Crippen molar-refractivity contribution in [2.75, 3.05) is 6.54 Å². The van der Waals surface area contributed by atoms with Crippen molar-refractivity contribution in [3.63, 3.8) is 0 Å². The molecule has 0 spiro atoms. The van der Waals surface area contributed by atoms with E-state index >= 15 is 0 Å². The van der Waals surface area contributed by atoms with E-state index in [1.807, 2.05) is 6.92 Å². The van der Waals surface area contributed by atoms with Gasteiger partial charge in [-0.2, -0.15) is 0 Å².